The minimum Gasteiger partial charge on any atom is -0.275 e. The van der Waals surface area contributed by atoms with Gasteiger partial charge in [-0.25, -0.2) is 4.98 Å². The van der Waals surface area contributed by atoms with Gasteiger partial charge in [-0.2, -0.15) is 0 Å². The van der Waals surface area contributed by atoms with Crippen LogP contribution in [0.4, 0.5) is 0 Å². The van der Waals surface area contributed by atoms with Gasteiger partial charge >= 0.3 is 0 Å². The zero-order chi connectivity index (χ0) is 10.2. The lowest BCUT2D eigenvalue weighted by Crippen LogP contribution is -1.96. The van der Waals surface area contributed by atoms with Gasteiger partial charge in [0.2, 0.25) is 0 Å². The lowest BCUT2D eigenvalue weighted by Gasteiger charge is -2.04. The van der Waals surface area contributed by atoms with E-state index >= 15 is 0 Å². The van der Waals surface area contributed by atoms with E-state index in [2.05, 4.69) is 4.98 Å². The molecule has 0 aromatic carbocycles. The highest BCUT2D eigenvalue weighted by Gasteiger charge is 2.19. The molecule has 0 spiro atoms. The van der Waals surface area contributed by atoms with Crippen molar-refractivity contribution in [1.82, 2.24) is 4.98 Å². The maximum absolute atomic E-state index is 10.8. The van der Waals surface area contributed by atoms with Gasteiger partial charge in [0, 0.05) is 0 Å². The van der Waals surface area contributed by atoms with Crippen molar-refractivity contribution >= 4 is 63.2 Å². The molecule has 1 aromatic heterocycles. The molecule has 13 heavy (non-hydrogen) atoms. The largest absolute Gasteiger partial charge is 0.275 e. The summed E-state index contributed by atoms with van der Waals surface area (Å²) < 4.78 is 0. The summed E-state index contributed by atoms with van der Waals surface area (Å²) in [5.41, 5.74) is -0.130. The standard InChI is InChI=1S/C6Cl5NO/c7-2-1(6(11)13)3(8)5(10)12-4(2)9. The van der Waals surface area contributed by atoms with Crippen LogP contribution < -0.4 is 0 Å². The summed E-state index contributed by atoms with van der Waals surface area (Å²) in [7, 11) is 0. The first-order valence-corrected chi connectivity index (χ1v) is 4.74. The molecule has 0 radical (unpaired) electrons. The Morgan fingerprint density at radius 3 is 1.69 bits per heavy atom. The number of carbonyl (C=O) groups excluding carboxylic acids is 1. The molecule has 0 atom stereocenters. The lowest BCUT2D eigenvalue weighted by atomic mass is 10.3. The highest BCUT2D eigenvalue weighted by atomic mass is 35.5. The van der Waals surface area contributed by atoms with E-state index in [4.69, 9.17) is 58.0 Å². The minimum atomic E-state index is -0.832. The Balaban J connectivity index is 3.56. The monoisotopic (exact) mass is 277 g/mol. The highest BCUT2D eigenvalue weighted by Crippen LogP contribution is 2.35. The molecule has 0 saturated carbocycles. The fourth-order valence-corrected chi connectivity index (χ4v) is 1.84. The second kappa shape index (κ2) is 4.20. The maximum atomic E-state index is 10.8. The van der Waals surface area contributed by atoms with E-state index < -0.39 is 5.24 Å². The number of rotatable bonds is 1. The third-order valence-corrected chi connectivity index (χ3v) is 2.86. The van der Waals surface area contributed by atoms with Crippen LogP contribution in [0.2, 0.25) is 20.4 Å². The van der Waals surface area contributed by atoms with Crippen molar-refractivity contribution in [3.63, 3.8) is 0 Å². The average molecular weight is 279 g/mol. The normalized spacial score (nSPS) is 10.2. The summed E-state index contributed by atoms with van der Waals surface area (Å²) in [5.74, 6) is 0. The van der Waals surface area contributed by atoms with E-state index in [9.17, 15) is 4.79 Å². The molecule has 0 bridgehead atoms. The van der Waals surface area contributed by atoms with Crippen molar-refractivity contribution in [3.05, 3.63) is 25.9 Å². The number of pyridine rings is 1. The van der Waals surface area contributed by atoms with E-state index in [1.165, 1.54) is 0 Å². The van der Waals surface area contributed by atoms with Crippen LogP contribution in [0.3, 0.4) is 0 Å². The van der Waals surface area contributed by atoms with Gasteiger partial charge < -0.3 is 0 Å². The predicted octanol–water partition coefficient (Wildman–Crippen LogP) is 4.07. The third kappa shape index (κ3) is 2.20. The van der Waals surface area contributed by atoms with Crippen LogP contribution in [0.25, 0.3) is 0 Å². The first-order valence-electron chi connectivity index (χ1n) is 2.85. The van der Waals surface area contributed by atoms with E-state index in [-0.39, 0.29) is 25.9 Å². The first kappa shape index (κ1) is 11.3. The topological polar surface area (TPSA) is 30.0 Å². The molecule has 0 unspecified atom stereocenters. The molecular weight excluding hydrogens is 279 g/mol. The fourth-order valence-electron chi connectivity index (χ4n) is 0.660. The van der Waals surface area contributed by atoms with Gasteiger partial charge in [-0.3, -0.25) is 4.79 Å². The molecular formula is C6Cl5NO. The van der Waals surface area contributed by atoms with E-state index in [0.29, 0.717) is 0 Å². The molecule has 1 heterocycles. The number of hydrogen-bond donors (Lipinski definition) is 0. The summed E-state index contributed by atoms with van der Waals surface area (Å²) in [4.78, 5) is 14.4. The second-order valence-corrected chi connectivity index (χ2v) is 3.79. The van der Waals surface area contributed by atoms with Crippen molar-refractivity contribution in [2.75, 3.05) is 0 Å². The van der Waals surface area contributed by atoms with E-state index in [1.807, 2.05) is 0 Å². The van der Waals surface area contributed by atoms with Gasteiger partial charge in [-0.15, -0.1) is 0 Å². The highest BCUT2D eigenvalue weighted by molar-refractivity contribution is 6.70. The van der Waals surface area contributed by atoms with Crippen LogP contribution >= 0.6 is 58.0 Å². The molecule has 7 heteroatoms. The Bertz CT molecular complexity index is 352. The molecule has 2 nitrogen and oxygen atoms in total. The fraction of sp³-hybridized carbons (Fsp3) is 0. The number of hydrogen-bond acceptors (Lipinski definition) is 2. The molecule has 70 valence electrons. The Morgan fingerprint density at radius 1 is 1.00 bits per heavy atom. The van der Waals surface area contributed by atoms with Gasteiger partial charge in [-0.1, -0.05) is 46.4 Å². The smallest absolute Gasteiger partial charge is 0.255 e. The summed E-state index contributed by atoms with van der Waals surface area (Å²) >= 11 is 27.5. The zero-order valence-electron chi connectivity index (χ0n) is 5.75. The molecule has 0 aliphatic rings. The number of aromatic nitrogens is 1. The minimum absolute atomic E-state index is 0.101. The van der Waals surface area contributed by atoms with Crippen LogP contribution in [0.1, 0.15) is 10.4 Å². The van der Waals surface area contributed by atoms with Gasteiger partial charge in [0.25, 0.3) is 5.24 Å². The van der Waals surface area contributed by atoms with Crippen LogP contribution in [0.5, 0.6) is 0 Å². The Hall–Kier alpha value is 0.270. The molecule has 1 rings (SSSR count). The van der Waals surface area contributed by atoms with Crippen LogP contribution in [-0.2, 0) is 0 Å². The molecule has 0 amide bonds. The second-order valence-electron chi connectivity index (χ2n) is 1.97. The van der Waals surface area contributed by atoms with Crippen molar-refractivity contribution in [2.24, 2.45) is 0 Å². The molecule has 0 fully saturated rings. The summed E-state index contributed by atoms with van der Waals surface area (Å²) in [6.07, 6.45) is 0. The van der Waals surface area contributed by atoms with Crippen LogP contribution in [0.15, 0.2) is 0 Å². The van der Waals surface area contributed by atoms with Crippen molar-refractivity contribution in [2.45, 2.75) is 0 Å². The summed E-state index contributed by atoms with van der Waals surface area (Å²) in [6.45, 7) is 0. The molecule has 0 aliphatic heterocycles. The summed E-state index contributed by atoms with van der Waals surface area (Å²) in [5, 5.41) is -1.26. The SMILES string of the molecule is O=C(Cl)c1c(Cl)c(Cl)nc(Cl)c1Cl. The summed E-state index contributed by atoms with van der Waals surface area (Å²) in [6, 6.07) is 0. The third-order valence-electron chi connectivity index (χ3n) is 1.19. The number of carbonyl (C=O) groups is 1. The molecule has 0 saturated heterocycles. The Labute approximate surface area is 98.7 Å². The Morgan fingerprint density at radius 2 is 1.38 bits per heavy atom. The molecule has 0 aliphatic carbocycles. The van der Waals surface area contributed by atoms with Crippen LogP contribution in [0, 0.1) is 0 Å². The number of halogens is 5. The lowest BCUT2D eigenvalue weighted by molar-refractivity contribution is 0.108. The van der Waals surface area contributed by atoms with Crippen molar-refractivity contribution < 1.29 is 4.79 Å². The van der Waals surface area contributed by atoms with Gasteiger partial charge in [0.05, 0.1) is 15.6 Å². The van der Waals surface area contributed by atoms with E-state index in [0.717, 1.165) is 0 Å². The van der Waals surface area contributed by atoms with Gasteiger partial charge in [0.1, 0.15) is 10.3 Å². The zero-order valence-corrected chi connectivity index (χ0v) is 9.52. The molecule has 1 aromatic rings. The molecule has 0 N–H and O–H groups in total. The predicted molar refractivity (Wildman–Crippen MR) is 54.5 cm³/mol. The quantitative estimate of drug-likeness (QED) is 0.573. The van der Waals surface area contributed by atoms with Crippen LogP contribution in [-0.4, -0.2) is 10.2 Å². The van der Waals surface area contributed by atoms with E-state index in [1.54, 1.807) is 0 Å². The van der Waals surface area contributed by atoms with Crippen molar-refractivity contribution in [3.8, 4) is 0 Å². The maximum Gasteiger partial charge on any atom is 0.255 e. The van der Waals surface area contributed by atoms with Crippen molar-refractivity contribution in [1.29, 1.82) is 0 Å². The number of nitrogens with zero attached hydrogens (tertiary/aromatic N) is 1. The Kier molecular flexibility index (Phi) is 3.66. The average Bonchev–Trinajstić information content (AvgIpc) is 2.01. The first-order chi connectivity index (χ1) is 5.95. The van der Waals surface area contributed by atoms with Gasteiger partial charge in [-0.05, 0) is 11.6 Å². The van der Waals surface area contributed by atoms with Gasteiger partial charge in [0.15, 0.2) is 0 Å².